The Morgan fingerprint density at radius 2 is 0.308 bits per heavy atom. The lowest BCUT2D eigenvalue weighted by Gasteiger charge is -2.45. The molecule has 30 nitrogen and oxygen atoms in total. The highest BCUT2D eigenvalue weighted by Gasteiger charge is 2.57. The van der Waals surface area contributed by atoms with Crippen LogP contribution in [0.4, 0.5) is 4.79 Å². The molecule has 0 aromatic carbocycles. The molecule has 0 saturated heterocycles. The third-order valence-corrected chi connectivity index (χ3v) is 120. The molecule has 0 radical (unpaired) electrons. The van der Waals surface area contributed by atoms with E-state index >= 15 is 0 Å². The van der Waals surface area contributed by atoms with E-state index in [1.165, 1.54) is 6.26 Å². The molecule has 0 rings (SSSR count). The Morgan fingerprint density at radius 1 is 0.183 bits per heavy atom. The van der Waals surface area contributed by atoms with Gasteiger partial charge in [0, 0.05) is 0 Å². The van der Waals surface area contributed by atoms with Crippen molar-refractivity contribution in [2.45, 2.75) is 372 Å². The standard InChI is InChI=1S/C63H176O30Si27/c1-57-65-63(64)66-61-59-60-62-94(3,4)68-96(7,8)70-98(11,12)72-100(15,16)74-102(19,20)76-104(23,24)78-106(27,28)80-108(31,32)82-110(35,36)84-112(39,40)86-114(43,44)88-116(47,48)90-118(51,52)92-120(55,56)93-119(53,54)91-117(49,50)89-115(45,46)87-113(41,42)85-111(37,38)83-109(33,34)81-107(29,30)79-105(25,26)77-103(21,22)75-101(17,18)73-99(13,14)71-97(9,10)69-95(5,6)67-58-2/h57-58H,1-2,59-62H2,3-56H3. The van der Waals surface area contributed by atoms with E-state index in [-0.39, 0.29) is 6.61 Å². The van der Waals surface area contributed by atoms with E-state index in [4.69, 9.17) is 116 Å². The quantitative estimate of drug-likeness (QED) is 0.0237. The maximum atomic E-state index is 11.5. The second-order valence-corrected chi connectivity index (χ2v) is 141. The Hall–Kier alpha value is 3.37. The van der Waals surface area contributed by atoms with Crippen LogP contribution in [0.3, 0.4) is 0 Å². The minimum Gasteiger partial charge on any atom is -0.528 e. The molecule has 0 aliphatic carbocycles. The van der Waals surface area contributed by atoms with Crippen molar-refractivity contribution in [3.63, 3.8) is 0 Å². The normalized spacial score (nSPS) is 15.7. The summed E-state index contributed by atoms with van der Waals surface area (Å²) in [6, 6.07) is 0.885. The summed E-state index contributed by atoms with van der Waals surface area (Å²) in [4.78, 5) is 11.5. The van der Waals surface area contributed by atoms with E-state index in [9.17, 15) is 4.79 Å². The summed E-state index contributed by atoms with van der Waals surface area (Å²) >= 11 is 0. The first-order valence-corrected chi connectivity index (χ1v) is 118. The van der Waals surface area contributed by atoms with Gasteiger partial charge in [0.05, 0.1) is 19.1 Å². The third-order valence-electron chi connectivity index (χ3n) is 14.8. The van der Waals surface area contributed by atoms with Gasteiger partial charge in [0.25, 0.3) is 0 Å². The molecule has 0 bridgehead atoms. The van der Waals surface area contributed by atoms with Crippen LogP contribution in [-0.4, -0.2) is 244 Å². The number of carbonyl (C=O) groups excluding carboxylic acids is 1. The molecule has 120 heavy (non-hydrogen) atoms. The molecule has 0 spiro atoms. The highest BCUT2D eigenvalue weighted by molar-refractivity contribution is 6.98. The summed E-state index contributed by atoms with van der Waals surface area (Å²) in [5.41, 5.74) is 0. The zero-order valence-corrected chi connectivity index (χ0v) is 113. The summed E-state index contributed by atoms with van der Waals surface area (Å²) in [6.45, 7) is 118. The van der Waals surface area contributed by atoms with E-state index < -0.39 is 237 Å². The van der Waals surface area contributed by atoms with E-state index in [0.717, 1.165) is 18.7 Å². The Labute approximate surface area is 760 Å². The second kappa shape index (κ2) is 43.6. The molecule has 0 aliphatic rings. The van der Waals surface area contributed by atoms with Crippen molar-refractivity contribution < 1.29 is 126 Å². The number of hydrogen-bond donors (Lipinski definition) is 0. The van der Waals surface area contributed by atoms with E-state index in [1.807, 2.05) is 314 Å². The number of hydrogen-bond acceptors (Lipinski definition) is 30. The number of rotatable bonds is 60. The lowest BCUT2D eigenvalue weighted by atomic mass is 10.4. The zero-order chi connectivity index (χ0) is 95.8. The van der Waals surface area contributed by atoms with Gasteiger partial charge in [-0.2, -0.15) is 0 Å². The van der Waals surface area contributed by atoms with Crippen LogP contribution in [-0.2, 0) is 121 Å². The van der Waals surface area contributed by atoms with E-state index in [0.29, 0.717) is 6.42 Å². The zero-order valence-electron chi connectivity index (χ0n) is 85.6. The molecule has 0 heterocycles. The van der Waals surface area contributed by atoms with Crippen LogP contribution in [0.5, 0.6) is 0 Å². The van der Waals surface area contributed by atoms with Gasteiger partial charge >= 0.3 is 229 Å². The van der Waals surface area contributed by atoms with Crippen LogP contribution in [0.25, 0.3) is 0 Å². The predicted octanol–water partition coefficient (Wildman–Crippen LogP) is 22.1. The molecule has 716 valence electrons. The highest BCUT2D eigenvalue weighted by Crippen LogP contribution is 2.38. The van der Waals surface area contributed by atoms with Gasteiger partial charge in [-0.3, -0.25) is 0 Å². The first-order valence-electron chi connectivity index (χ1n) is 41.9. The van der Waals surface area contributed by atoms with Crippen molar-refractivity contribution in [3.8, 4) is 0 Å². The third kappa shape index (κ3) is 57.2. The number of ether oxygens (including phenoxy) is 2. The second-order valence-electron chi connectivity index (χ2n) is 42.9. The summed E-state index contributed by atoms with van der Waals surface area (Å²) in [6.07, 6.45) is 3.30. The average molecular weight is 2170 g/mol. The van der Waals surface area contributed by atoms with Crippen LogP contribution in [0.2, 0.25) is 360 Å². The average Bonchev–Trinajstić information content (AvgIpc) is 0.955. The Bertz CT molecular complexity index is 3210. The first-order chi connectivity index (χ1) is 51.9. The van der Waals surface area contributed by atoms with Gasteiger partial charge in [-0.1, -0.05) is 19.6 Å². The maximum absolute atomic E-state index is 11.5. The Balaban J connectivity index is 5.91. The fourth-order valence-corrected chi connectivity index (χ4v) is 157. The minimum atomic E-state index is -2.94. The molecule has 0 aromatic heterocycles. The molecule has 0 saturated carbocycles. The molecule has 0 fully saturated rings. The van der Waals surface area contributed by atoms with Crippen molar-refractivity contribution in [1.82, 2.24) is 0 Å². The number of carbonyl (C=O) groups is 1. The summed E-state index contributed by atoms with van der Waals surface area (Å²) < 4.78 is 196. The lowest BCUT2D eigenvalue weighted by Crippen LogP contribution is -2.63. The maximum Gasteiger partial charge on any atom is 0.513 e. The van der Waals surface area contributed by atoms with Crippen LogP contribution >= 0.6 is 0 Å². The lowest BCUT2D eigenvalue weighted by molar-refractivity contribution is 0.0837. The first kappa shape index (κ1) is 123. The monoisotopic (exact) mass is 2170 g/mol. The molecular formula is C63H176O30Si27. The van der Waals surface area contributed by atoms with Gasteiger partial charge in [0.2, 0.25) is 0 Å². The molecule has 0 aromatic rings. The van der Waals surface area contributed by atoms with Crippen molar-refractivity contribution in [3.05, 3.63) is 25.7 Å². The molecule has 0 unspecified atom stereocenters. The Kier molecular flexibility index (Phi) is 44.8. The summed E-state index contributed by atoms with van der Waals surface area (Å²) in [5.74, 6) is 0. The largest absolute Gasteiger partial charge is 0.528 e. The fourth-order valence-electron chi connectivity index (χ4n) is 17.2. The number of unbranched alkanes of at least 4 members (excludes halogenated alkanes) is 1. The topological polar surface area (TPSA) is 285 Å². The molecular weight excluding hydrogens is 1990 g/mol. The van der Waals surface area contributed by atoms with Crippen LogP contribution in [0, 0.1) is 0 Å². The van der Waals surface area contributed by atoms with Gasteiger partial charge in [-0.25, -0.2) is 4.79 Å². The summed E-state index contributed by atoms with van der Waals surface area (Å²) in [5, 5.41) is 0. The molecule has 0 N–H and O–H groups in total. The molecule has 0 aliphatic heterocycles. The Morgan fingerprint density at radius 3 is 0.433 bits per heavy atom. The smallest absolute Gasteiger partial charge is 0.513 e. The molecule has 0 amide bonds. The van der Waals surface area contributed by atoms with Crippen LogP contribution in [0.1, 0.15) is 12.8 Å². The van der Waals surface area contributed by atoms with Crippen LogP contribution < -0.4 is 0 Å². The van der Waals surface area contributed by atoms with E-state index in [1.54, 1.807) is 0 Å². The van der Waals surface area contributed by atoms with Gasteiger partial charge in [-0.05, 0) is 366 Å². The van der Waals surface area contributed by atoms with Crippen molar-refractivity contribution in [2.75, 3.05) is 6.61 Å². The highest BCUT2D eigenvalue weighted by atomic mass is 28.6. The molecule has 57 heteroatoms. The fraction of sp³-hybridized carbons (Fsp3) is 0.921. The SMILES string of the molecule is C=COC(=O)OCCCC[Si](C)(C)O[Si](C)(C)O[Si](C)(C)O[Si](C)(C)O[Si](C)(C)O[Si](C)(C)O[Si](C)(C)O[Si](C)(C)O[Si](C)(C)O[Si](C)(C)O[Si](C)(C)O[Si](C)(C)O[Si](C)(C)O[Si](C)(C)O[Si](C)(C)O[Si](C)(C)O[Si](C)(C)O[Si](C)(C)O[Si](C)(C)O[Si](C)(C)O[Si](C)(C)O[Si](C)(C)O[Si](C)(C)O[Si](C)(C)O[Si](C)(C)O[Si](C)(C)O[Si](C)(C)OC=C. The minimum absolute atomic E-state index is 0.272. The van der Waals surface area contributed by atoms with Gasteiger partial charge in [0.1, 0.15) is 0 Å². The van der Waals surface area contributed by atoms with Crippen LogP contribution in [0.15, 0.2) is 25.7 Å². The van der Waals surface area contributed by atoms with E-state index in [2.05, 4.69) is 57.2 Å². The van der Waals surface area contributed by atoms with Crippen molar-refractivity contribution in [1.29, 1.82) is 0 Å². The van der Waals surface area contributed by atoms with Gasteiger partial charge in [0.15, 0.2) is 8.32 Å². The van der Waals surface area contributed by atoms with Crippen molar-refractivity contribution in [2.24, 2.45) is 0 Å². The van der Waals surface area contributed by atoms with Crippen molar-refractivity contribution >= 4 is 237 Å². The predicted molar refractivity (Wildman–Crippen MR) is 548 cm³/mol. The van der Waals surface area contributed by atoms with Gasteiger partial charge in [-0.15, -0.1) is 0 Å². The summed E-state index contributed by atoms with van der Waals surface area (Å²) in [7, 11) is -76.4. The molecule has 0 atom stereocenters. The van der Waals surface area contributed by atoms with Gasteiger partial charge < -0.3 is 121 Å².